The number of thiocarbonyl (C=S) groups is 1. The summed E-state index contributed by atoms with van der Waals surface area (Å²) in [6, 6.07) is 11.9. The van der Waals surface area contributed by atoms with Gasteiger partial charge in [-0.1, -0.05) is 15.9 Å². The summed E-state index contributed by atoms with van der Waals surface area (Å²) < 4.78 is 6.16. The molecule has 0 aromatic heterocycles. The first-order valence-corrected chi connectivity index (χ1v) is 8.58. The van der Waals surface area contributed by atoms with Crippen LogP contribution < -0.4 is 20.9 Å². The molecule has 0 aliphatic carbocycles. The van der Waals surface area contributed by atoms with Crippen LogP contribution in [0.15, 0.2) is 53.0 Å². The van der Waals surface area contributed by atoms with E-state index in [-0.39, 0.29) is 23.0 Å². The second kappa shape index (κ2) is 9.59. The summed E-state index contributed by atoms with van der Waals surface area (Å²) in [6.45, 7) is -0.256. The number of rotatable bonds is 5. The van der Waals surface area contributed by atoms with Gasteiger partial charge in [0.2, 0.25) is 0 Å². The van der Waals surface area contributed by atoms with Crippen LogP contribution in [0, 0.1) is 10.1 Å². The lowest BCUT2D eigenvalue weighted by Gasteiger charge is -2.11. The van der Waals surface area contributed by atoms with Gasteiger partial charge in [-0.2, -0.15) is 0 Å². The molecule has 0 aliphatic heterocycles. The van der Waals surface area contributed by atoms with E-state index in [0.29, 0.717) is 5.75 Å². The third-order valence-electron chi connectivity index (χ3n) is 3.07. The van der Waals surface area contributed by atoms with Crippen molar-refractivity contribution >= 4 is 50.8 Å². The Bertz CT molecular complexity index is 858. The molecule has 0 saturated heterocycles. The van der Waals surface area contributed by atoms with Gasteiger partial charge in [0.25, 0.3) is 17.5 Å². The lowest BCUT2D eigenvalue weighted by molar-refractivity contribution is -0.384. The second-order valence-corrected chi connectivity index (χ2v) is 6.33. The second-order valence-electron chi connectivity index (χ2n) is 5.00. The van der Waals surface area contributed by atoms with Crippen LogP contribution in [-0.4, -0.2) is 28.5 Å². The van der Waals surface area contributed by atoms with Crippen molar-refractivity contribution in [1.29, 1.82) is 0 Å². The van der Waals surface area contributed by atoms with Crippen molar-refractivity contribution < 1.29 is 19.2 Å². The van der Waals surface area contributed by atoms with Gasteiger partial charge in [0, 0.05) is 22.2 Å². The number of ether oxygens (including phenoxy) is 1. The Labute approximate surface area is 167 Å². The first kappa shape index (κ1) is 20.3. The molecule has 140 valence electrons. The zero-order chi connectivity index (χ0) is 19.8. The number of carbonyl (C=O) groups is 2. The first-order chi connectivity index (χ1) is 12.8. The van der Waals surface area contributed by atoms with Gasteiger partial charge in [-0.05, 0) is 48.6 Å². The van der Waals surface area contributed by atoms with Gasteiger partial charge in [0.05, 0.1) is 4.92 Å². The Morgan fingerprint density at radius 1 is 1.07 bits per heavy atom. The first-order valence-electron chi connectivity index (χ1n) is 7.38. The summed E-state index contributed by atoms with van der Waals surface area (Å²) in [7, 11) is 0. The van der Waals surface area contributed by atoms with E-state index >= 15 is 0 Å². The Hall–Kier alpha value is -3.05. The van der Waals surface area contributed by atoms with Crippen molar-refractivity contribution in [3.05, 3.63) is 68.7 Å². The molecule has 2 rings (SSSR count). The molecule has 0 radical (unpaired) electrons. The molecule has 0 heterocycles. The maximum Gasteiger partial charge on any atom is 0.276 e. The van der Waals surface area contributed by atoms with Crippen LogP contribution in [0.5, 0.6) is 5.75 Å². The van der Waals surface area contributed by atoms with E-state index in [9.17, 15) is 19.7 Å². The number of nitro groups is 1. The van der Waals surface area contributed by atoms with Gasteiger partial charge in [-0.25, -0.2) is 0 Å². The fourth-order valence-electron chi connectivity index (χ4n) is 1.78. The molecule has 0 aliphatic rings. The van der Waals surface area contributed by atoms with Crippen molar-refractivity contribution in [2.24, 2.45) is 0 Å². The lowest BCUT2D eigenvalue weighted by Crippen LogP contribution is -2.49. The molecule has 0 bridgehead atoms. The molecule has 3 N–H and O–H groups in total. The average Bonchev–Trinajstić information content (AvgIpc) is 2.66. The molecule has 11 heteroatoms. The Balaban J connectivity index is 1.74. The number of hydrogen-bond donors (Lipinski definition) is 3. The average molecular weight is 453 g/mol. The molecule has 0 saturated carbocycles. The predicted octanol–water partition coefficient (Wildman–Crippen LogP) is 2.07. The summed E-state index contributed by atoms with van der Waals surface area (Å²) in [6.07, 6.45) is 0. The molecule has 2 aromatic carbocycles. The molecule has 2 amide bonds. The van der Waals surface area contributed by atoms with E-state index in [1.54, 1.807) is 24.3 Å². The number of hydrogen-bond acceptors (Lipinski definition) is 6. The summed E-state index contributed by atoms with van der Waals surface area (Å²) in [5.74, 6) is -0.574. The number of nitrogens with zero attached hydrogens (tertiary/aromatic N) is 1. The summed E-state index contributed by atoms with van der Waals surface area (Å²) in [4.78, 5) is 33.7. The van der Waals surface area contributed by atoms with Crippen molar-refractivity contribution in [1.82, 2.24) is 16.2 Å². The highest BCUT2D eigenvalue weighted by Gasteiger charge is 2.11. The molecule has 0 atom stereocenters. The van der Waals surface area contributed by atoms with Crippen LogP contribution in [0.1, 0.15) is 10.4 Å². The minimum atomic E-state index is -0.581. The lowest BCUT2D eigenvalue weighted by atomic mass is 10.2. The van der Waals surface area contributed by atoms with Crippen LogP contribution >= 0.6 is 28.1 Å². The molecule has 0 spiro atoms. The van der Waals surface area contributed by atoms with Gasteiger partial charge in [0.1, 0.15) is 5.75 Å². The Kier molecular flexibility index (Phi) is 7.20. The van der Waals surface area contributed by atoms with E-state index in [1.165, 1.54) is 24.3 Å². The zero-order valence-corrected chi connectivity index (χ0v) is 16.0. The van der Waals surface area contributed by atoms with Crippen molar-refractivity contribution in [2.45, 2.75) is 0 Å². The number of amides is 2. The van der Waals surface area contributed by atoms with Crippen LogP contribution in [0.4, 0.5) is 5.69 Å². The smallest absolute Gasteiger partial charge is 0.276 e. The standard InChI is InChI=1S/C16H13BrN4O5S/c17-11-3-7-13(8-4-11)26-9-14(22)19-20-16(27)18-15(23)10-1-5-12(6-2-10)21(24)25/h1-8H,9H2,(H,19,22)(H2,18,20,23,27). The predicted molar refractivity (Wildman–Crippen MR) is 104 cm³/mol. The van der Waals surface area contributed by atoms with E-state index in [4.69, 9.17) is 17.0 Å². The number of carbonyl (C=O) groups excluding carboxylic acids is 2. The van der Waals surface area contributed by atoms with Gasteiger partial charge < -0.3 is 4.74 Å². The minimum absolute atomic E-state index is 0.134. The molecular weight excluding hydrogens is 440 g/mol. The van der Waals surface area contributed by atoms with Crippen molar-refractivity contribution in [3.63, 3.8) is 0 Å². The normalized spacial score (nSPS) is 9.81. The fraction of sp³-hybridized carbons (Fsp3) is 0.0625. The van der Waals surface area contributed by atoms with Gasteiger partial charge in [0.15, 0.2) is 11.7 Å². The van der Waals surface area contributed by atoms with E-state index in [1.807, 2.05) is 0 Å². The Morgan fingerprint density at radius 3 is 2.30 bits per heavy atom. The number of hydrazine groups is 1. The maximum atomic E-state index is 12.0. The third kappa shape index (κ3) is 6.64. The maximum absolute atomic E-state index is 12.0. The van der Waals surface area contributed by atoms with E-state index in [0.717, 1.165) is 4.47 Å². The summed E-state index contributed by atoms with van der Waals surface area (Å²) in [5, 5.41) is 12.8. The monoisotopic (exact) mass is 452 g/mol. The van der Waals surface area contributed by atoms with E-state index in [2.05, 4.69) is 32.1 Å². The van der Waals surface area contributed by atoms with Crippen molar-refractivity contribution in [3.8, 4) is 5.75 Å². The number of benzene rings is 2. The van der Waals surface area contributed by atoms with Crippen LogP contribution in [0.3, 0.4) is 0 Å². The van der Waals surface area contributed by atoms with Gasteiger partial charge in [-0.15, -0.1) is 0 Å². The fourth-order valence-corrected chi connectivity index (χ4v) is 2.19. The van der Waals surface area contributed by atoms with E-state index < -0.39 is 16.7 Å². The highest BCUT2D eigenvalue weighted by atomic mass is 79.9. The summed E-state index contributed by atoms with van der Waals surface area (Å²) in [5.41, 5.74) is 4.68. The number of nitrogens with one attached hydrogen (secondary N) is 3. The third-order valence-corrected chi connectivity index (χ3v) is 3.80. The van der Waals surface area contributed by atoms with Gasteiger partial charge in [-0.3, -0.25) is 35.9 Å². The number of nitro benzene ring substituents is 1. The SMILES string of the molecule is O=C(COc1ccc(Br)cc1)NNC(=S)NC(=O)c1ccc([N+](=O)[O-])cc1. The minimum Gasteiger partial charge on any atom is -0.484 e. The quantitative estimate of drug-likeness (QED) is 0.360. The zero-order valence-electron chi connectivity index (χ0n) is 13.6. The number of non-ortho nitro benzene ring substituents is 1. The summed E-state index contributed by atoms with van der Waals surface area (Å²) >= 11 is 8.18. The largest absolute Gasteiger partial charge is 0.484 e. The van der Waals surface area contributed by atoms with Crippen LogP contribution in [0.25, 0.3) is 0 Å². The van der Waals surface area contributed by atoms with Crippen LogP contribution in [-0.2, 0) is 4.79 Å². The highest BCUT2D eigenvalue weighted by Crippen LogP contribution is 2.15. The topological polar surface area (TPSA) is 123 Å². The molecule has 9 nitrogen and oxygen atoms in total. The van der Waals surface area contributed by atoms with Crippen molar-refractivity contribution in [2.75, 3.05) is 6.61 Å². The van der Waals surface area contributed by atoms with Gasteiger partial charge >= 0.3 is 0 Å². The van der Waals surface area contributed by atoms with Crippen LogP contribution in [0.2, 0.25) is 0 Å². The molecule has 27 heavy (non-hydrogen) atoms. The highest BCUT2D eigenvalue weighted by molar-refractivity contribution is 9.10. The molecule has 0 unspecified atom stereocenters. The molecular formula is C16H13BrN4O5S. The molecule has 2 aromatic rings. The number of halogens is 1. The molecule has 0 fully saturated rings. The Morgan fingerprint density at radius 2 is 1.70 bits per heavy atom.